The Hall–Kier alpha value is -3.70. The van der Waals surface area contributed by atoms with E-state index in [0.717, 1.165) is 65.6 Å². The van der Waals surface area contributed by atoms with E-state index in [1.54, 1.807) is 0 Å². The maximum absolute atomic E-state index is 11.5. The molecule has 0 radical (unpaired) electrons. The van der Waals surface area contributed by atoms with E-state index in [9.17, 15) is 5.11 Å². The van der Waals surface area contributed by atoms with Crippen molar-refractivity contribution in [3.05, 3.63) is 102 Å². The SMILES string of the molecule is CN(C)c1nc(CCCC2CCC(CCCC(CC(O)c3ccc(C(C)(C)C)cc3)c3cn(C)c4ccccc34)CC2)nc2ccccc12. The van der Waals surface area contributed by atoms with Crippen molar-refractivity contribution in [3.8, 4) is 0 Å². The fourth-order valence-electron chi connectivity index (χ4n) is 8.28. The van der Waals surface area contributed by atoms with Gasteiger partial charge in [0.05, 0.1) is 11.6 Å². The molecule has 2 unspecified atom stereocenters. The lowest BCUT2D eigenvalue weighted by Crippen LogP contribution is -2.16. The number of hydrogen-bond acceptors (Lipinski definition) is 4. The van der Waals surface area contributed by atoms with Crippen molar-refractivity contribution in [3.63, 3.8) is 0 Å². The fraction of sp³-hybridized carbons (Fsp3) is 0.500. The van der Waals surface area contributed by atoms with Crippen molar-refractivity contribution in [2.75, 3.05) is 19.0 Å². The zero-order valence-corrected chi connectivity index (χ0v) is 30.8. The van der Waals surface area contributed by atoms with E-state index in [0.29, 0.717) is 5.92 Å². The summed E-state index contributed by atoms with van der Waals surface area (Å²) in [7, 11) is 6.28. The van der Waals surface area contributed by atoms with Crippen LogP contribution in [0.3, 0.4) is 0 Å². The highest BCUT2D eigenvalue weighted by Gasteiger charge is 2.25. The molecule has 2 atom stereocenters. The third-order valence-electron chi connectivity index (χ3n) is 11.2. The van der Waals surface area contributed by atoms with E-state index < -0.39 is 6.10 Å². The van der Waals surface area contributed by atoms with Gasteiger partial charge in [0, 0.05) is 50.0 Å². The molecule has 5 aromatic rings. The second-order valence-corrected chi connectivity index (χ2v) is 16.1. The summed E-state index contributed by atoms with van der Waals surface area (Å²) in [5.74, 6) is 3.97. The van der Waals surface area contributed by atoms with E-state index >= 15 is 0 Å². The van der Waals surface area contributed by atoms with Crippen molar-refractivity contribution in [1.29, 1.82) is 0 Å². The topological polar surface area (TPSA) is 54.2 Å². The van der Waals surface area contributed by atoms with Gasteiger partial charge < -0.3 is 14.6 Å². The second-order valence-electron chi connectivity index (χ2n) is 16.1. The summed E-state index contributed by atoms with van der Waals surface area (Å²) in [6, 6.07) is 25.8. The van der Waals surface area contributed by atoms with Crippen molar-refractivity contribution in [2.24, 2.45) is 18.9 Å². The molecule has 2 aromatic heterocycles. The van der Waals surface area contributed by atoms with Crippen LogP contribution >= 0.6 is 0 Å². The Morgan fingerprint density at radius 2 is 1.45 bits per heavy atom. The number of anilines is 1. The average molecular weight is 659 g/mol. The van der Waals surface area contributed by atoms with E-state index in [2.05, 4.69) is 130 Å². The van der Waals surface area contributed by atoms with Gasteiger partial charge in [0.25, 0.3) is 0 Å². The average Bonchev–Trinajstić information content (AvgIpc) is 3.43. The largest absolute Gasteiger partial charge is 0.388 e. The molecule has 1 N–H and O–H groups in total. The second kappa shape index (κ2) is 15.5. The van der Waals surface area contributed by atoms with Crippen LogP contribution in [0.2, 0.25) is 0 Å². The van der Waals surface area contributed by atoms with E-state index in [-0.39, 0.29) is 5.41 Å². The molecular formula is C44H58N4O. The van der Waals surface area contributed by atoms with Crippen LogP contribution in [0.4, 0.5) is 5.82 Å². The van der Waals surface area contributed by atoms with Crippen LogP contribution in [0.25, 0.3) is 21.8 Å². The first-order chi connectivity index (χ1) is 23.6. The molecule has 0 amide bonds. The van der Waals surface area contributed by atoms with Crippen LogP contribution in [0, 0.1) is 11.8 Å². The van der Waals surface area contributed by atoms with Crippen molar-refractivity contribution >= 4 is 27.6 Å². The monoisotopic (exact) mass is 658 g/mol. The lowest BCUT2D eigenvalue weighted by atomic mass is 9.77. The van der Waals surface area contributed by atoms with Gasteiger partial charge in [-0.2, -0.15) is 0 Å². The van der Waals surface area contributed by atoms with Crippen LogP contribution < -0.4 is 4.90 Å². The van der Waals surface area contributed by atoms with Crippen LogP contribution in [0.1, 0.15) is 120 Å². The highest BCUT2D eigenvalue weighted by Crippen LogP contribution is 2.40. The number of fused-ring (bicyclic) bond motifs is 2. The third-order valence-corrected chi connectivity index (χ3v) is 11.2. The van der Waals surface area contributed by atoms with Gasteiger partial charge in [-0.15, -0.1) is 0 Å². The minimum absolute atomic E-state index is 0.108. The zero-order chi connectivity index (χ0) is 34.5. The van der Waals surface area contributed by atoms with Crippen LogP contribution in [0.5, 0.6) is 0 Å². The van der Waals surface area contributed by atoms with Gasteiger partial charge in [-0.1, -0.05) is 120 Å². The predicted molar refractivity (Wildman–Crippen MR) is 206 cm³/mol. The van der Waals surface area contributed by atoms with Gasteiger partial charge in [0.1, 0.15) is 11.6 Å². The molecule has 5 heteroatoms. The standard InChI is InChI=1S/C44H58N4O/c1-44(2,3)35-27-25-33(26-28-35)41(49)29-34(38-30-48(6)40-19-10-8-16-36(38)40)15-11-13-31-21-23-32(24-22-31)14-12-20-42-45-39-18-9-7-17-37(39)43(46-42)47(4)5/h7-10,16-19,25-28,30-32,34,41,49H,11-15,20-24,29H2,1-6H3. The van der Waals surface area contributed by atoms with E-state index in [4.69, 9.17) is 9.97 Å². The van der Waals surface area contributed by atoms with Gasteiger partial charge in [-0.05, 0) is 77.3 Å². The summed E-state index contributed by atoms with van der Waals surface area (Å²) in [6.45, 7) is 6.72. The lowest BCUT2D eigenvalue weighted by Gasteiger charge is -2.29. The summed E-state index contributed by atoms with van der Waals surface area (Å²) >= 11 is 0. The molecule has 6 rings (SSSR count). The number of aryl methyl sites for hydroxylation is 2. The third kappa shape index (κ3) is 8.55. The van der Waals surface area contributed by atoms with Gasteiger partial charge in [0.2, 0.25) is 0 Å². The minimum Gasteiger partial charge on any atom is -0.388 e. The number of aliphatic hydroxyl groups excluding tert-OH is 1. The highest BCUT2D eigenvalue weighted by atomic mass is 16.3. The molecule has 1 fully saturated rings. The normalized spacial score (nSPS) is 18.2. The van der Waals surface area contributed by atoms with Crippen molar-refractivity contribution in [2.45, 2.75) is 109 Å². The van der Waals surface area contributed by atoms with Crippen LogP contribution in [-0.4, -0.2) is 33.7 Å². The summed E-state index contributed by atoms with van der Waals surface area (Å²) < 4.78 is 2.26. The predicted octanol–water partition coefficient (Wildman–Crippen LogP) is 10.7. The molecule has 2 heterocycles. The number of nitrogens with zero attached hydrogens (tertiary/aromatic N) is 4. The lowest BCUT2D eigenvalue weighted by molar-refractivity contribution is 0.154. The number of aliphatic hydroxyl groups is 1. The Morgan fingerprint density at radius 1 is 0.816 bits per heavy atom. The first-order valence-corrected chi connectivity index (χ1v) is 18.8. The molecule has 0 spiro atoms. The van der Waals surface area contributed by atoms with Gasteiger partial charge in [0.15, 0.2) is 0 Å². The molecule has 1 aliphatic rings. The highest BCUT2D eigenvalue weighted by molar-refractivity contribution is 5.89. The van der Waals surface area contributed by atoms with Crippen molar-refractivity contribution < 1.29 is 5.11 Å². The Labute approximate surface area is 294 Å². The number of aromatic nitrogens is 3. The Morgan fingerprint density at radius 3 is 2.12 bits per heavy atom. The van der Waals surface area contributed by atoms with E-state index in [1.807, 2.05) is 0 Å². The maximum Gasteiger partial charge on any atom is 0.139 e. The summed E-state index contributed by atoms with van der Waals surface area (Å²) in [6.07, 6.45) is 15.0. The number of para-hydroxylation sites is 2. The Bertz CT molecular complexity index is 1810. The maximum atomic E-state index is 11.5. The smallest absolute Gasteiger partial charge is 0.139 e. The van der Waals surface area contributed by atoms with Gasteiger partial charge in [-0.25, -0.2) is 9.97 Å². The Kier molecular flexibility index (Phi) is 11.1. The summed E-state index contributed by atoms with van der Waals surface area (Å²) in [5.41, 5.74) is 6.15. The molecule has 5 nitrogen and oxygen atoms in total. The zero-order valence-electron chi connectivity index (χ0n) is 30.8. The molecule has 0 aliphatic heterocycles. The first kappa shape index (κ1) is 35.1. The molecular weight excluding hydrogens is 601 g/mol. The quantitative estimate of drug-likeness (QED) is 0.137. The molecule has 1 saturated carbocycles. The Balaban J connectivity index is 1.02. The van der Waals surface area contributed by atoms with E-state index in [1.165, 1.54) is 67.0 Å². The first-order valence-electron chi connectivity index (χ1n) is 18.8. The summed E-state index contributed by atoms with van der Waals surface area (Å²) in [5, 5.41) is 14.0. The minimum atomic E-state index is -0.470. The number of rotatable bonds is 13. The van der Waals surface area contributed by atoms with Gasteiger partial charge >= 0.3 is 0 Å². The number of hydrogen-bond donors (Lipinski definition) is 1. The van der Waals surface area contributed by atoms with Crippen molar-refractivity contribution in [1.82, 2.24) is 14.5 Å². The van der Waals surface area contributed by atoms with Gasteiger partial charge in [-0.3, -0.25) is 0 Å². The number of benzene rings is 3. The fourth-order valence-corrected chi connectivity index (χ4v) is 8.28. The molecule has 1 aliphatic carbocycles. The van der Waals surface area contributed by atoms with Crippen LogP contribution in [-0.2, 0) is 18.9 Å². The molecule has 260 valence electrons. The molecule has 3 aromatic carbocycles. The molecule has 0 bridgehead atoms. The molecule has 49 heavy (non-hydrogen) atoms. The molecule has 0 saturated heterocycles. The van der Waals surface area contributed by atoms with Crippen LogP contribution in [0.15, 0.2) is 79.0 Å². The summed E-state index contributed by atoms with van der Waals surface area (Å²) in [4.78, 5) is 11.9.